The van der Waals surface area contributed by atoms with Gasteiger partial charge in [-0.1, -0.05) is 30.3 Å². The minimum absolute atomic E-state index is 0.316. The molecule has 1 aromatic heterocycles. The fraction of sp³-hybridized carbons (Fsp3) is 0.344. The summed E-state index contributed by atoms with van der Waals surface area (Å²) in [6.45, 7) is 2.16. The maximum Gasteiger partial charge on any atom is 0.215 e. The number of rotatable bonds is 9. The van der Waals surface area contributed by atoms with E-state index < -0.39 is 0 Å². The summed E-state index contributed by atoms with van der Waals surface area (Å²) in [5.74, 6) is 1.86. The number of pyridine rings is 1. The summed E-state index contributed by atoms with van der Waals surface area (Å²) in [4.78, 5) is 9.33. The summed E-state index contributed by atoms with van der Waals surface area (Å²) in [5, 5.41) is 0. The minimum atomic E-state index is 0.316. The average molecular weight is 539 g/mol. The highest BCUT2D eigenvalue weighted by atomic mass is 16.5. The van der Waals surface area contributed by atoms with Crippen LogP contribution in [0.2, 0.25) is 0 Å². The van der Waals surface area contributed by atoms with E-state index in [-0.39, 0.29) is 0 Å². The smallest absolute Gasteiger partial charge is 0.215 e. The first-order valence-corrected chi connectivity index (χ1v) is 14.2. The molecule has 1 aliphatic carbocycles. The number of para-hydroxylation sites is 1. The number of allylic oxidation sites excluding steroid dienone is 1. The van der Waals surface area contributed by atoms with Gasteiger partial charge in [-0.15, -0.1) is 0 Å². The molecule has 208 valence electrons. The Balaban J connectivity index is 1.14. The Kier molecular flexibility index (Phi) is 7.40. The third kappa shape index (κ3) is 5.66. The molecule has 2 atom stereocenters. The predicted molar refractivity (Wildman–Crippen MR) is 159 cm³/mol. The molecule has 6 rings (SSSR count). The van der Waals surface area contributed by atoms with Crippen LogP contribution in [0.25, 0.3) is 6.08 Å². The molecular formula is C32H38N6O2. The van der Waals surface area contributed by atoms with Crippen LogP contribution in [-0.2, 0) is 6.61 Å². The van der Waals surface area contributed by atoms with Gasteiger partial charge in [0, 0.05) is 54.4 Å². The summed E-state index contributed by atoms with van der Waals surface area (Å²) >= 11 is 0. The van der Waals surface area contributed by atoms with E-state index in [4.69, 9.17) is 26.7 Å². The zero-order valence-corrected chi connectivity index (χ0v) is 22.8. The summed E-state index contributed by atoms with van der Waals surface area (Å²) in [6.07, 6.45) is 12.0. The van der Waals surface area contributed by atoms with E-state index in [0.717, 1.165) is 72.9 Å². The van der Waals surface area contributed by atoms with Gasteiger partial charge in [0.2, 0.25) is 5.88 Å². The molecule has 2 aromatic carbocycles. The number of hydrogen-bond donors (Lipinski definition) is 3. The molecule has 3 heterocycles. The first-order chi connectivity index (χ1) is 19.5. The highest BCUT2D eigenvalue weighted by Crippen LogP contribution is 2.37. The van der Waals surface area contributed by atoms with Crippen molar-refractivity contribution in [3.63, 3.8) is 0 Å². The topological polar surface area (TPSA) is 116 Å². The fourth-order valence-electron chi connectivity index (χ4n) is 5.88. The van der Waals surface area contributed by atoms with Crippen molar-refractivity contribution >= 4 is 17.5 Å². The lowest BCUT2D eigenvalue weighted by Gasteiger charge is -2.44. The second kappa shape index (κ2) is 11.4. The number of benzene rings is 2. The number of hydrogen-bond acceptors (Lipinski definition) is 8. The van der Waals surface area contributed by atoms with Crippen LogP contribution in [-0.4, -0.2) is 41.2 Å². The Morgan fingerprint density at radius 1 is 0.950 bits per heavy atom. The van der Waals surface area contributed by atoms with Gasteiger partial charge < -0.3 is 36.5 Å². The Bertz CT molecular complexity index is 1370. The Labute approximate surface area is 236 Å². The maximum absolute atomic E-state index is 6.24. The van der Waals surface area contributed by atoms with Crippen LogP contribution in [0.3, 0.4) is 0 Å². The lowest BCUT2D eigenvalue weighted by Crippen LogP contribution is -2.53. The van der Waals surface area contributed by atoms with Crippen molar-refractivity contribution in [3.8, 4) is 11.6 Å². The lowest BCUT2D eigenvalue weighted by atomic mass is 9.96. The van der Waals surface area contributed by atoms with Gasteiger partial charge in [-0.2, -0.15) is 0 Å². The summed E-state index contributed by atoms with van der Waals surface area (Å²) in [6, 6.07) is 20.7. The fourth-order valence-corrected chi connectivity index (χ4v) is 5.88. The van der Waals surface area contributed by atoms with Crippen LogP contribution in [0, 0.1) is 0 Å². The molecule has 8 nitrogen and oxygen atoms in total. The zero-order valence-electron chi connectivity index (χ0n) is 22.8. The van der Waals surface area contributed by atoms with Crippen molar-refractivity contribution in [2.24, 2.45) is 11.5 Å². The van der Waals surface area contributed by atoms with Crippen molar-refractivity contribution in [1.82, 2.24) is 9.88 Å². The van der Waals surface area contributed by atoms with Crippen molar-refractivity contribution in [1.29, 1.82) is 0 Å². The van der Waals surface area contributed by atoms with Gasteiger partial charge in [0.1, 0.15) is 24.3 Å². The quantitative estimate of drug-likeness (QED) is 0.267. The van der Waals surface area contributed by atoms with Crippen LogP contribution in [0.5, 0.6) is 11.6 Å². The molecule has 2 saturated heterocycles. The molecule has 1 saturated carbocycles. The average Bonchev–Trinajstić information content (AvgIpc) is 3.20. The van der Waals surface area contributed by atoms with Crippen molar-refractivity contribution in [2.45, 2.75) is 56.9 Å². The highest BCUT2D eigenvalue weighted by Gasteiger charge is 2.40. The first-order valence-electron chi connectivity index (χ1n) is 14.2. The van der Waals surface area contributed by atoms with Gasteiger partial charge >= 0.3 is 0 Å². The van der Waals surface area contributed by atoms with Gasteiger partial charge in [-0.25, -0.2) is 4.98 Å². The first kappa shape index (κ1) is 25.9. The van der Waals surface area contributed by atoms with Crippen LogP contribution >= 0.6 is 0 Å². The third-order valence-corrected chi connectivity index (χ3v) is 8.19. The largest absolute Gasteiger partial charge is 0.488 e. The SMILES string of the molecule is NC(N)=C(/C=C/c1ccccc1OCc1ccc(N)cc1)N1CC2CCC(C1)N2c1ccnc(OC2CCC2)c1. The molecular weight excluding hydrogens is 500 g/mol. The molecule has 40 heavy (non-hydrogen) atoms. The van der Waals surface area contributed by atoms with Crippen molar-refractivity contribution < 1.29 is 9.47 Å². The van der Waals surface area contributed by atoms with E-state index in [1.165, 1.54) is 12.1 Å². The molecule has 2 bridgehead atoms. The Morgan fingerprint density at radius 3 is 2.40 bits per heavy atom. The normalized spacial score (nSPS) is 20.4. The maximum atomic E-state index is 6.24. The number of piperazine rings is 1. The molecule has 0 amide bonds. The number of anilines is 2. The minimum Gasteiger partial charge on any atom is -0.488 e. The molecule has 0 radical (unpaired) electrons. The second-order valence-electron chi connectivity index (χ2n) is 11.0. The van der Waals surface area contributed by atoms with Crippen molar-refractivity contribution in [2.75, 3.05) is 23.7 Å². The number of likely N-dealkylation sites (tertiary alicyclic amines) is 1. The molecule has 2 unspecified atom stereocenters. The summed E-state index contributed by atoms with van der Waals surface area (Å²) in [5.41, 5.74) is 23.1. The van der Waals surface area contributed by atoms with E-state index >= 15 is 0 Å². The summed E-state index contributed by atoms with van der Waals surface area (Å²) in [7, 11) is 0. The Hall–Kier alpha value is -4.33. The van der Waals surface area contributed by atoms with Gasteiger partial charge in [0.25, 0.3) is 0 Å². The van der Waals surface area contributed by atoms with Gasteiger partial charge in [-0.3, -0.25) is 0 Å². The van der Waals surface area contributed by atoms with Crippen LogP contribution < -0.4 is 31.6 Å². The van der Waals surface area contributed by atoms with E-state index in [1.807, 2.05) is 66.9 Å². The molecule has 6 N–H and O–H groups in total. The monoisotopic (exact) mass is 538 g/mol. The van der Waals surface area contributed by atoms with E-state index in [0.29, 0.717) is 30.6 Å². The molecule has 8 heteroatoms. The number of ether oxygens (including phenoxy) is 2. The van der Waals surface area contributed by atoms with E-state index in [1.54, 1.807) is 0 Å². The lowest BCUT2D eigenvalue weighted by molar-refractivity contribution is 0.114. The number of nitrogens with two attached hydrogens (primary N) is 3. The molecule has 2 aliphatic heterocycles. The molecule has 3 fully saturated rings. The van der Waals surface area contributed by atoms with Gasteiger partial charge in [0.05, 0.1) is 5.70 Å². The van der Waals surface area contributed by atoms with E-state index in [2.05, 4.69) is 26.9 Å². The zero-order chi connectivity index (χ0) is 27.5. The predicted octanol–water partition coefficient (Wildman–Crippen LogP) is 4.63. The number of fused-ring (bicyclic) bond motifs is 2. The van der Waals surface area contributed by atoms with Gasteiger partial charge in [-0.05, 0) is 74.1 Å². The number of aromatic nitrogens is 1. The molecule has 0 spiro atoms. The molecule has 3 aliphatic rings. The second-order valence-corrected chi connectivity index (χ2v) is 11.0. The van der Waals surface area contributed by atoms with Crippen LogP contribution in [0.4, 0.5) is 11.4 Å². The molecule has 3 aromatic rings. The van der Waals surface area contributed by atoms with Crippen LogP contribution in [0.1, 0.15) is 43.2 Å². The van der Waals surface area contributed by atoms with Crippen molar-refractivity contribution in [3.05, 3.63) is 95.6 Å². The summed E-state index contributed by atoms with van der Waals surface area (Å²) < 4.78 is 12.2. The standard InChI is InChI=1S/C32H38N6O2/c33-24-11-8-22(9-12-24)21-39-30-7-2-1-4-23(30)10-15-29(32(34)35)37-19-26-13-14-27(20-37)38(26)25-16-17-36-31(18-25)40-28-5-3-6-28/h1-2,4,7-12,15-18,26-28H,3,5-6,13-14,19-21,33-35H2/b15-10+. The Morgan fingerprint density at radius 2 is 1.70 bits per heavy atom. The van der Waals surface area contributed by atoms with Crippen LogP contribution in [0.15, 0.2) is 84.5 Å². The van der Waals surface area contributed by atoms with E-state index in [9.17, 15) is 0 Å². The number of nitrogen functional groups attached to an aromatic ring is 1. The number of nitrogens with zero attached hydrogens (tertiary/aromatic N) is 3. The third-order valence-electron chi connectivity index (χ3n) is 8.19. The van der Waals surface area contributed by atoms with Gasteiger partial charge in [0.15, 0.2) is 0 Å². The highest BCUT2D eigenvalue weighted by molar-refractivity contribution is 5.60.